The summed E-state index contributed by atoms with van der Waals surface area (Å²) >= 11 is 2.99. The maximum atomic E-state index is 13.6. The second-order valence-corrected chi connectivity index (χ2v) is 8.72. The molecular formula is C14H15BrFNO4S. The van der Waals surface area contributed by atoms with Gasteiger partial charge in [0.1, 0.15) is 5.82 Å². The van der Waals surface area contributed by atoms with E-state index in [1.165, 1.54) is 16.4 Å². The Morgan fingerprint density at radius 1 is 1.45 bits per heavy atom. The average Bonchev–Trinajstić information content (AvgIpc) is 2.99. The van der Waals surface area contributed by atoms with Crippen molar-refractivity contribution in [1.82, 2.24) is 4.31 Å². The zero-order chi connectivity index (χ0) is 16.1. The van der Waals surface area contributed by atoms with Gasteiger partial charge in [0, 0.05) is 13.1 Å². The van der Waals surface area contributed by atoms with Crippen molar-refractivity contribution in [2.24, 2.45) is 11.3 Å². The van der Waals surface area contributed by atoms with Crippen LogP contribution in [0.4, 0.5) is 4.39 Å². The fraction of sp³-hybridized carbons (Fsp3) is 0.500. The molecule has 1 aromatic rings. The van der Waals surface area contributed by atoms with Crippen molar-refractivity contribution < 1.29 is 22.7 Å². The number of halogens is 2. The summed E-state index contributed by atoms with van der Waals surface area (Å²) in [6, 6.07) is 3.62. The SMILES string of the molecule is O=C(O)[C@@]12CCC[C@H]1CN(S(=O)(=O)c1ccc(Br)c(F)c1)C2. The number of aliphatic carboxylic acids is 1. The highest BCUT2D eigenvalue weighted by Crippen LogP contribution is 2.50. The van der Waals surface area contributed by atoms with Gasteiger partial charge >= 0.3 is 5.97 Å². The van der Waals surface area contributed by atoms with E-state index in [2.05, 4.69) is 15.9 Å². The third kappa shape index (κ3) is 2.28. The Morgan fingerprint density at radius 3 is 2.77 bits per heavy atom. The summed E-state index contributed by atoms with van der Waals surface area (Å²) in [5.41, 5.74) is -0.985. The molecule has 5 nitrogen and oxygen atoms in total. The molecule has 1 N–H and O–H groups in total. The van der Waals surface area contributed by atoms with Crippen molar-refractivity contribution in [2.45, 2.75) is 24.2 Å². The standard InChI is InChI=1S/C14H15BrFNO4S/c15-11-4-3-10(6-12(11)16)22(20,21)17-7-9-2-1-5-14(9,8-17)13(18)19/h3-4,6,9H,1-2,5,7-8H2,(H,18,19)/t9-,14+/m0/s1. The lowest BCUT2D eigenvalue weighted by atomic mass is 9.81. The van der Waals surface area contributed by atoms with E-state index < -0.39 is 27.2 Å². The second kappa shape index (κ2) is 5.28. The Morgan fingerprint density at radius 2 is 2.18 bits per heavy atom. The first-order valence-electron chi connectivity index (χ1n) is 6.96. The molecule has 120 valence electrons. The van der Waals surface area contributed by atoms with Crippen LogP contribution in [0.25, 0.3) is 0 Å². The topological polar surface area (TPSA) is 74.7 Å². The van der Waals surface area contributed by atoms with Crippen LogP contribution in [0.3, 0.4) is 0 Å². The lowest BCUT2D eigenvalue weighted by Crippen LogP contribution is -2.37. The average molecular weight is 392 g/mol. The molecule has 2 fully saturated rings. The van der Waals surface area contributed by atoms with Crippen LogP contribution in [-0.2, 0) is 14.8 Å². The minimum atomic E-state index is -3.88. The van der Waals surface area contributed by atoms with E-state index in [1.54, 1.807) is 0 Å². The number of benzene rings is 1. The predicted molar refractivity (Wildman–Crippen MR) is 80.3 cm³/mol. The van der Waals surface area contributed by atoms with Gasteiger partial charge in [-0.05, 0) is 52.9 Å². The molecule has 0 radical (unpaired) electrons. The summed E-state index contributed by atoms with van der Waals surface area (Å²) in [4.78, 5) is 11.5. The molecule has 1 saturated heterocycles. The molecule has 1 aliphatic carbocycles. The molecule has 1 saturated carbocycles. The molecule has 8 heteroatoms. The molecule has 0 aromatic heterocycles. The maximum Gasteiger partial charge on any atom is 0.311 e. The Balaban J connectivity index is 1.94. The molecular weight excluding hydrogens is 377 g/mol. The molecule has 0 spiro atoms. The van der Waals surface area contributed by atoms with Gasteiger partial charge in [0.15, 0.2) is 0 Å². The van der Waals surface area contributed by atoms with Gasteiger partial charge in [0.2, 0.25) is 10.0 Å². The molecule has 3 rings (SSSR count). The van der Waals surface area contributed by atoms with Crippen LogP contribution in [0.2, 0.25) is 0 Å². The van der Waals surface area contributed by atoms with Gasteiger partial charge < -0.3 is 5.11 Å². The smallest absolute Gasteiger partial charge is 0.311 e. The lowest BCUT2D eigenvalue weighted by Gasteiger charge is -2.23. The lowest BCUT2D eigenvalue weighted by molar-refractivity contribution is -0.149. The molecule has 22 heavy (non-hydrogen) atoms. The number of fused-ring (bicyclic) bond motifs is 1. The van der Waals surface area contributed by atoms with Gasteiger partial charge in [-0.25, -0.2) is 12.8 Å². The van der Waals surface area contributed by atoms with Crippen LogP contribution in [0.1, 0.15) is 19.3 Å². The van der Waals surface area contributed by atoms with Crippen LogP contribution >= 0.6 is 15.9 Å². The van der Waals surface area contributed by atoms with E-state index in [-0.39, 0.29) is 28.4 Å². The molecule has 1 aromatic carbocycles. The molecule has 0 unspecified atom stereocenters. The van der Waals surface area contributed by atoms with Crippen LogP contribution in [0.15, 0.2) is 27.6 Å². The zero-order valence-electron chi connectivity index (χ0n) is 11.6. The van der Waals surface area contributed by atoms with Gasteiger partial charge in [0.05, 0.1) is 14.8 Å². The first-order valence-corrected chi connectivity index (χ1v) is 9.19. The number of hydrogen-bond acceptors (Lipinski definition) is 3. The summed E-state index contributed by atoms with van der Waals surface area (Å²) in [5, 5.41) is 9.52. The first-order chi connectivity index (χ1) is 10.3. The molecule has 0 amide bonds. The largest absolute Gasteiger partial charge is 0.481 e. The molecule has 2 atom stereocenters. The maximum absolute atomic E-state index is 13.6. The minimum absolute atomic E-state index is 0.0347. The predicted octanol–water partition coefficient (Wildman–Crippen LogP) is 2.46. The zero-order valence-corrected chi connectivity index (χ0v) is 14.0. The van der Waals surface area contributed by atoms with Gasteiger partial charge in [0.25, 0.3) is 0 Å². The molecule has 2 aliphatic rings. The van der Waals surface area contributed by atoms with Crippen molar-refractivity contribution in [3.05, 3.63) is 28.5 Å². The number of nitrogens with zero attached hydrogens (tertiary/aromatic N) is 1. The molecule has 0 bridgehead atoms. The van der Waals surface area contributed by atoms with Crippen LogP contribution in [-0.4, -0.2) is 36.9 Å². The highest BCUT2D eigenvalue weighted by molar-refractivity contribution is 9.10. The van der Waals surface area contributed by atoms with E-state index in [0.29, 0.717) is 12.8 Å². The number of carbonyl (C=O) groups is 1. The summed E-state index contributed by atoms with van der Waals surface area (Å²) < 4.78 is 40.3. The highest BCUT2D eigenvalue weighted by Gasteiger charge is 2.57. The summed E-state index contributed by atoms with van der Waals surface area (Å²) in [6.45, 7) is 0.152. The fourth-order valence-corrected chi connectivity index (χ4v) is 5.38. The van der Waals surface area contributed by atoms with Gasteiger partial charge in [-0.2, -0.15) is 4.31 Å². The summed E-state index contributed by atoms with van der Waals surface area (Å²) in [6.07, 6.45) is 2.01. The number of carboxylic acids is 1. The van der Waals surface area contributed by atoms with Crippen LogP contribution < -0.4 is 0 Å². The highest BCUT2D eigenvalue weighted by atomic mass is 79.9. The van der Waals surface area contributed by atoms with Gasteiger partial charge in [-0.3, -0.25) is 4.79 Å². The summed E-state index contributed by atoms with van der Waals surface area (Å²) in [5.74, 6) is -1.76. The van der Waals surface area contributed by atoms with E-state index in [4.69, 9.17) is 0 Å². The third-order valence-electron chi connectivity index (χ3n) is 4.79. The fourth-order valence-electron chi connectivity index (χ4n) is 3.56. The minimum Gasteiger partial charge on any atom is -0.481 e. The Hall–Kier alpha value is -0.990. The van der Waals surface area contributed by atoms with Crippen molar-refractivity contribution >= 4 is 31.9 Å². The Bertz CT molecular complexity index is 738. The van der Waals surface area contributed by atoms with Crippen molar-refractivity contribution in [1.29, 1.82) is 0 Å². The first kappa shape index (κ1) is 15.9. The number of sulfonamides is 1. The Kier molecular flexibility index (Phi) is 3.81. The van der Waals surface area contributed by atoms with Crippen LogP contribution in [0.5, 0.6) is 0 Å². The third-order valence-corrected chi connectivity index (χ3v) is 7.25. The van der Waals surface area contributed by atoms with Crippen molar-refractivity contribution in [3.8, 4) is 0 Å². The van der Waals surface area contributed by atoms with Crippen molar-refractivity contribution in [2.75, 3.05) is 13.1 Å². The van der Waals surface area contributed by atoms with Gasteiger partial charge in [-0.1, -0.05) is 6.42 Å². The summed E-state index contributed by atoms with van der Waals surface area (Å²) in [7, 11) is -3.88. The number of carboxylic acid groups (broad SMARTS) is 1. The molecule has 1 heterocycles. The number of hydrogen-bond donors (Lipinski definition) is 1. The van der Waals surface area contributed by atoms with Crippen LogP contribution in [0, 0.1) is 17.2 Å². The van der Waals surface area contributed by atoms with E-state index in [0.717, 1.165) is 12.5 Å². The van der Waals surface area contributed by atoms with E-state index in [9.17, 15) is 22.7 Å². The second-order valence-electron chi connectivity index (χ2n) is 5.92. The monoisotopic (exact) mass is 391 g/mol. The normalized spacial score (nSPS) is 28.7. The van der Waals surface area contributed by atoms with Gasteiger partial charge in [-0.15, -0.1) is 0 Å². The van der Waals surface area contributed by atoms with Crippen molar-refractivity contribution in [3.63, 3.8) is 0 Å². The quantitative estimate of drug-likeness (QED) is 0.858. The molecule has 1 aliphatic heterocycles. The number of rotatable bonds is 3. The van der Waals surface area contributed by atoms with E-state index >= 15 is 0 Å². The van der Waals surface area contributed by atoms with E-state index in [1.807, 2.05) is 0 Å². The Labute approximate surface area is 136 Å².